The number of rotatable bonds is 28. The summed E-state index contributed by atoms with van der Waals surface area (Å²) in [4.78, 5) is 149. The zero-order valence-electron chi connectivity index (χ0n) is 56.1. The van der Waals surface area contributed by atoms with Gasteiger partial charge in [-0.1, -0.05) is 75.4 Å². The van der Waals surface area contributed by atoms with E-state index < -0.39 is 190 Å². The summed E-state index contributed by atoms with van der Waals surface area (Å²) in [5.41, 5.74) is 4.18. The molecule has 26 heteroatoms. The summed E-state index contributed by atoms with van der Waals surface area (Å²) in [6, 6.07) is 15.1. The second-order valence-electron chi connectivity index (χ2n) is 27.8. The molecule has 4 aliphatic carbocycles. The van der Waals surface area contributed by atoms with Gasteiger partial charge in [0, 0.05) is 55.6 Å². The maximum absolute atomic E-state index is 15.3. The van der Waals surface area contributed by atoms with Crippen LogP contribution in [0.15, 0.2) is 96.1 Å². The molecule has 2 unspecified atom stereocenters. The van der Waals surface area contributed by atoms with Crippen LogP contribution < -0.4 is 32.7 Å². The number of nitrogens with two attached hydrogens (primary N) is 2. The second-order valence-corrected chi connectivity index (χ2v) is 27.8. The number of Topliss-reactive ketones (excluding diaryl/α,β-unsaturated/α-hetero) is 2. The number of nitrogens with one attached hydrogen (secondary N) is 4. The highest BCUT2D eigenvalue weighted by molar-refractivity contribution is 5.97. The quantitative estimate of drug-likeness (QED) is 0.0134. The van der Waals surface area contributed by atoms with Gasteiger partial charge in [0.15, 0.2) is 23.2 Å². The van der Waals surface area contributed by atoms with E-state index in [0.29, 0.717) is 12.8 Å². The number of aliphatic hydroxyl groups is 3. The van der Waals surface area contributed by atoms with Gasteiger partial charge in [-0.15, -0.1) is 0 Å². The van der Waals surface area contributed by atoms with Crippen LogP contribution in [0.5, 0.6) is 0 Å². The first-order valence-corrected chi connectivity index (χ1v) is 32.6. The fraction of sp³-hybridized carbons (Fsp3) is 0.535. The van der Waals surface area contributed by atoms with Crippen molar-refractivity contribution in [2.24, 2.45) is 45.5 Å². The molecule has 11 N–H and O–H groups in total. The fourth-order valence-electron chi connectivity index (χ4n) is 14.2. The van der Waals surface area contributed by atoms with E-state index in [0.717, 1.165) is 18.2 Å². The van der Waals surface area contributed by atoms with Crippen LogP contribution in [0.2, 0.25) is 0 Å². The molecule has 526 valence electrons. The van der Waals surface area contributed by atoms with E-state index in [1.807, 2.05) is 6.92 Å². The summed E-state index contributed by atoms with van der Waals surface area (Å²) >= 11 is 0. The number of aliphatic hydroxyl groups excluding tert-OH is 2. The Balaban J connectivity index is 1.01. The fourth-order valence-corrected chi connectivity index (χ4v) is 14.2. The SMILES string of the molecule is CC1=C2[C@@H](O)C(=O)[C@@]3(C)[C@H]([C@H](OC(=O)c4ccccc4)[C@](O)(C[C@@H]1OC(=O)[C@H](OC(=O)CCC(=O)NCCCCC(NC(=O)CC[C@H](CC(=O)C(C)NC(=O)/C=C/c1ccc(F)c(F)c1)C(N)=O)C(N)=O)[C@@H](NC(=O)OC(C)(C)C)c1ccccc1)C2(C)C)[C@]1(C)CC[C@@H]1C[C@@H]3O. The number of primary amides is 2. The predicted molar refractivity (Wildman–Crippen MR) is 346 cm³/mol. The van der Waals surface area contributed by atoms with Gasteiger partial charge in [-0.2, -0.15) is 0 Å². The van der Waals surface area contributed by atoms with Crippen molar-refractivity contribution in [2.45, 2.75) is 199 Å². The van der Waals surface area contributed by atoms with Crippen molar-refractivity contribution in [1.82, 2.24) is 21.3 Å². The second kappa shape index (κ2) is 31.2. The molecular weight excluding hydrogens is 1260 g/mol. The molecule has 97 heavy (non-hydrogen) atoms. The largest absolute Gasteiger partial charge is 0.455 e. The topological polar surface area (TPSA) is 386 Å². The maximum atomic E-state index is 15.3. The van der Waals surface area contributed by atoms with Gasteiger partial charge in [-0.25, -0.2) is 23.2 Å². The smallest absolute Gasteiger partial charge is 0.408 e. The molecule has 7 rings (SSSR count). The van der Waals surface area contributed by atoms with Crippen molar-refractivity contribution in [1.29, 1.82) is 0 Å². The molecular formula is C71H90F2N6O18. The molecule has 6 amide bonds. The Morgan fingerprint density at radius 1 is 0.794 bits per heavy atom. The molecule has 2 bridgehead atoms. The lowest BCUT2D eigenvalue weighted by atomic mass is 9.37. The first-order chi connectivity index (χ1) is 45.4. The molecule has 0 heterocycles. The van der Waals surface area contributed by atoms with Crippen molar-refractivity contribution < 1.29 is 95.8 Å². The number of unbranched alkanes of at least 4 members (excludes halogenated alkanes) is 1. The van der Waals surface area contributed by atoms with E-state index in [1.165, 1.54) is 57.2 Å². The average Bonchev–Trinajstić information content (AvgIpc) is 0.674. The number of hydrogen-bond donors (Lipinski definition) is 9. The summed E-state index contributed by atoms with van der Waals surface area (Å²) in [6.07, 6.45) is -8.08. The molecule has 3 aromatic rings. The van der Waals surface area contributed by atoms with Gasteiger partial charge >= 0.3 is 24.0 Å². The van der Waals surface area contributed by atoms with Crippen LogP contribution >= 0.6 is 0 Å². The highest BCUT2D eigenvalue weighted by atomic mass is 19.2. The number of hydrogen-bond acceptors (Lipinski definition) is 18. The van der Waals surface area contributed by atoms with Crippen LogP contribution in [0.4, 0.5) is 13.6 Å². The normalized spacial score (nSPS) is 25.6. The molecule has 0 aliphatic heterocycles. The number of carbonyl (C=O) groups is 11. The third kappa shape index (κ3) is 17.5. The lowest BCUT2D eigenvalue weighted by Gasteiger charge is -2.68. The van der Waals surface area contributed by atoms with Gasteiger partial charge in [-0.05, 0) is 150 Å². The number of alkyl carbamates (subject to hydrolysis) is 1. The minimum Gasteiger partial charge on any atom is -0.455 e. The van der Waals surface area contributed by atoms with E-state index in [1.54, 1.807) is 71.0 Å². The van der Waals surface area contributed by atoms with E-state index in [9.17, 15) is 67.3 Å². The van der Waals surface area contributed by atoms with Crippen molar-refractivity contribution in [2.75, 3.05) is 6.54 Å². The number of ketones is 2. The molecule has 3 fully saturated rings. The number of fused-ring (bicyclic) bond motifs is 5. The zero-order chi connectivity index (χ0) is 71.7. The van der Waals surface area contributed by atoms with Crippen LogP contribution in [-0.2, 0) is 62.1 Å². The number of esters is 3. The molecule has 3 saturated carbocycles. The Bertz CT molecular complexity index is 3540. The van der Waals surface area contributed by atoms with E-state index in [4.69, 9.17) is 30.4 Å². The third-order valence-corrected chi connectivity index (χ3v) is 19.9. The Hall–Kier alpha value is -8.75. The summed E-state index contributed by atoms with van der Waals surface area (Å²) in [6.45, 7) is 14.3. The molecule has 14 atom stereocenters. The van der Waals surface area contributed by atoms with Crippen LogP contribution in [0, 0.1) is 45.6 Å². The van der Waals surface area contributed by atoms with E-state index in [-0.39, 0.29) is 78.8 Å². The molecule has 0 radical (unpaired) electrons. The minimum absolute atomic E-state index is 0.0135. The van der Waals surface area contributed by atoms with Crippen LogP contribution in [0.3, 0.4) is 0 Å². The van der Waals surface area contributed by atoms with Crippen molar-refractivity contribution >= 4 is 71.2 Å². The molecule has 0 spiro atoms. The van der Waals surface area contributed by atoms with Gasteiger partial charge in [0.25, 0.3) is 0 Å². The maximum Gasteiger partial charge on any atom is 0.408 e. The monoisotopic (exact) mass is 1350 g/mol. The van der Waals surface area contributed by atoms with E-state index >= 15 is 9.59 Å². The Morgan fingerprint density at radius 2 is 1.45 bits per heavy atom. The van der Waals surface area contributed by atoms with Gasteiger partial charge in [-0.3, -0.25) is 38.4 Å². The summed E-state index contributed by atoms with van der Waals surface area (Å²) < 4.78 is 51.2. The van der Waals surface area contributed by atoms with Crippen molar-refractivity contribution in [3.8, 4) is 0 Å². The summed E-state index contributed by atoms with van der Waals surface area (Å²) in [7, 11) is 0. The number of halogens is 2. The average molecular weight is 1350 g/mol. The standard InChI is InChI=1S/C71H90F2N6O18/c1-38-49(37-71(93)61(96-64(90)42-20-14-11-15-21-42)59-69(8)32-31-44(69)36-50(81)70(59,9)60(87)57(86)55(38)68(71,6)7)94-65(91)58(56(41-18-12-10-13-19-41)79-66(92)97-67(3,4)5)95-54(85)30-29-51(82)76-33-17-16-22-47(63(75)89)78-53(84)28-25-43(62(74)88)35-48(80)39(2)77-52(83)27-24-40-23-26-45(72)46(73)34-40/h10-15,18-21,23-24,26-27,34,39,43-44,47,49-50,56-59,61,81,86,93H,16-17,22,25,28-33,35-37H2,1-9H3,(H2,74,88)(H2,75,89)(H,76,82)(H,77,83)(H,78,84)(H,79,92)/b27-24+/t39?,43-,44-,47?,49+,50+,56+,57-,58-,59-,61+,69-,70-,71-/m1/s1. The van der Waals surface area contributed by atoms with Gasteiger partial charge < -0.3 is 67.0 Å². The van der Waals surface area contributed by atoms with Gasteiger partial charge in [0.2, 0.25) is 35.6 Å². The lowest BCUT2D eigenvalue weighted by molar-refractivity contribution is -0.266. The predicted octanol–water partition coefficient (Wildman–Crippen LogP) is 5.90. The van der Waals surface area contributed by atoms with Gasteiger partial charge in [0.1, 0.15) is 41.6 Å². The summed E-state index contributed by atoms with van der Waals surface area (Å²) in [5, 5.41) is 48.6. The van der Waals surface area contributed by atoms with Crippen molar-refractivity contribution in [3.63, 3.8) is 0 Å². The number of benzene rings is 3. The highest BCUT2D eigenvalue weighted by Crippen LogP contribution is 2.69. The van der Waals surface area contributed by atoms with Crippen LogP contribution in [-0.4, -0.2) is 141 Å². The first-order valence-electron chi connectivity index (χ1n) is 32.6. The number of amides is 6. The molecule has 4 aliphatic rings. The first kappa shape index (κ1) is 75.6. The van der Waals surface area contributed by atoms with E-state index in [2.05, 4.69) is 21.3 Å². The Labute approximate surface area is 561 Å². The Morgan fingerprint density at radius 3 is 2.06 bits per heavy atom. The molecule has 0 saturated heterocycles. The highest BCUT2D eigenvalue weighted by Gasteiger charge is 2.74. The molecule has 0 aromatic heterocycles. The Kier molecular flexibility index (Phi) is 24.3. The molecule has 3 aromatic carbocycles. The van der Waals surface area contributed by atoms with Crippen molar-refractivity contribution in [3.05, 3.63) is 124 Å². The number of ether oxygens (including phenoxy) is 4. The third-order valence-electron chi connectivity index (χ3n) is 19.9. The van der Waals surface area contributed by atoms with Crippen LogP contribution in [0.1, 0.15) is 167 Å². The zero-order valence-corrected chi connectivity index (χ0v) is 56.1. The van der Waals surface area contributed by atoms with Gasteiger partial charge in [0.05, 0.1) is 29.5 Å². The minimum atomic E-state index is -2.28. The lowest BCUT2D eigenvalue weighted by Crippen LogP contribution is -2.75. The number of carbonyl (C=O) groups excluding carboxylic acids is 11. The molecule has 24 nitrogen and oxygen atoms in total. The van der Waals surface area contributed by atoms with Crippen LogP contribution in [0.25, 0.3) is 6.08 Å². The summed E-state index contributed by atoms with van der Waals surface area (Å²) in [5.74, 6) is -13.1.